The van der Waals surface area contributed by atoms with Crippen LogP contribution in [0.25, 0.3) is 0 Å². The summed E-state index contributed by atoms with van der Waals surface area (Å²) in [6.45, 7) is 0.587. The van der Waals surface area contributed by atoms with Crippen molar-refractivity contribution in [2.24, 2.45) is 11.1 Å². The molecule has 0 saturated carbocycles. The molecular weight excluding hydrogens is 483 g/mol. The van der Waals surface area contributed by atoms with Gasteiger partial charge in [0.2, 0.25) is 10.0 Å². The number of hydrogen-bond acceptors (Lipinski definition) is 8. The van der Waals surface area contributed by atoms with Gasteiger partial charge >= 0.3 is 0 Å². The second kappa shape index (κ2) is 9.31. The first-order chi connectivity index (χ1) is 14.2. The van der Waals surface area contributed by atoms with E-state index in [0.717, 1.165) is 6.26 Å². The molecule has 1 fully saturated rings. The van der Waals surface area contributed by atoms with E-state index in [1.165, 1.54) is 10.4 Å². The third-order valence-corrected chi connectivity index (χ3v) is 6.94. The van der Waals surface area contributed by atoms with Crippen LogP contribution < -0.4 is 0 Å². The Hall–Kier alpha value is -2.18. The predicted octanol–water partition coefficient (Wildman–Crippen LogP) is 2.18. The van der Waals surface area contributed by atoms with Gasteiger partial charge in [0, 0.05) is 25.4 Å². The molecule has 0 amide bonds. The summed E-state index contributed by atoms with van der Waals surface area (Å²) in [6, 6.07) is 4.37. The minimum Gasteiger partial charge on any atom is -0.411 e. The van der Waals surface area contributed by atoms with Gasteiger partial charge in [-0.1, -0.05) is 16.4 Å². The number of ketones is 1. The van der Waals surface area contributed by atoms with Crippen molar-refractivity contribution in [3.05, 3.63) is 45.4 Å². The standard InChI is InChI=1S/C18H20BrFN4O5S/c1-30(27,28)24-6-4-12(5-7-24)17(25)10-16-18(23-29-22-16)15(21-26)9-11-2-3-14(20)13(19)8-11/h2-3,8,12,26H,4-7,9-10H2,1H3. The summed E-state index contributed by atoms with van der Waals surface area (Å²) in [5.74, 6) is -0.824. The van der Waals surface area contributed by atoms with Crippen LogP contribution in [0.15, 0.2) is 32.5 Å². The molecule has 2 aromatic rings. The Kier molecular flexibility index (Phi) is 6.98. The van der Waals surface area contributed by atoms with E-state index in [2.05, 4.69) is 31.4 Å². The molecule has 12 heteroatoms. The minimum absolute atomic E-state index is 0.0749. The van der Waals surface area contributed by atoms with Gasteiger partial charge in [-0.05, 0) is 51.6 Å². The van der Waals surface area contributed by atoms with Gasteiger partial charge in [0.15, 0.2) is 5.69 Å². The van der Waals surface area contributed by atoms with E-state index in [4.69, 9.17) is 4.63 Å². The lowest BCUT2D eigenvalue weighted by atomic mass is 9.90. The zero-order chi connectivity index (χ0) is 21.9. The topological polar surface area (TPSA) is 126 Å². The lowest BCUT2D eigenvalue weighted by Crippen LogP contribution is -2.40. The van der Waals surface area contributed by atoms with E-state index in [0.29, 0.717) is 31.5 Å². The third kappa shape index (κ3) is 5.29. The number of rotatable bonds is 7. The average molecular weight is 503 g/mol. The van der Waals surface area contributed by atoms with Crippen molar-refractivity contribution in [3.63, 3.8) is 0 Å². The van der Waals surface area contributed by atoms with Gasteiger partial charge < -0.3 is 5.21 Å². The van der Waals surface area contributed by atoms with Crippen molar-refractivity contribution in [2.45, 2.75) is 25.7 Å². The van der Waals surface area contributed by atoms with E-state index in [9.17, 15) is 22.8 Å². The number of piperidine rings is 1. The molecule has 30 heavy (non-hydrogen) atoms. The molecule has 0 spiro atoms. The highest BCUT2D eigenvalue weighted by Crippen LogP contribution is 2.23. The molecule has 162 valence electrons. The highest BCUT2D eigenvalue weighted by molar-refractivity contribution is 9.10. The number of sulfonamides is 1. The van der Waals surface area contributed by atoms with Crippen LogP contribution in [0, 0.1) is 11.7 Å². The lowest BCUT2D eigenvalue weighted by molar-refractivity contribution is -0.123. The number of carbonyl (C=O) groups is 1. The maximum atomic E-state index is 13.4. The molecule has 9 nitrogen and oxygen atoms in total. The number of carbonyl (C=O) groups excluding carboxylic acids is 1. The van der Waals surface area contributed by atoms with Gasteiger partial charge in [0.05, 0.1) is 17.1 Å². The molecule has 1 aromatic carbocycles. The molecule has 1 saturated heterocycles. The zero-order valence-electron chi connectivity index (χ0n) is 16.1. The van der Waals surface area contributed by atoms with Crippen molar-refractivity contribution in [1.29, 1.82) is 0 Å². The first-order valence-electron chi connectivity index (χ1n) is 9.13. The minimum atomic E-state index is -3.27. The first kappa shape index (κ1) is 22.5. The summed E-state index contributed by atoms with van der Waals surface area (Å²) in [5, 5.41) is 20.2. The van der Waals surface area contributed by atoms with Crippen LogP contribution in [0.4, 0.5) is 4.39 Å². The summed E-state index contributed by atoms with van der Waals surface area (Å²) in [6.07, 6.45) is 2.05. The van der Waals surface area contributed by atoms with E-state index in [1.54, 1.807) is 12.1 Å². The maximum Gasteiger partial charge on any atom is 0.211 e. The van der Waals surface area contributed by atoms with Crippen LogP contribution in [0.2, 0.25) is 0 Å². The van der Waals surface area contributed by atoms with E-state index in [-0.39, 0.29) is 46.1 Å². The van der Waals surface area contributed by atoms with Crippen LogP contribution in [0.1, 0.15) is 29.8 Å². The van der Waals surface area contributed by atoms with Gasteiger partial charge in [0.25, 0.3) is 0 Å². The van der Waals surface area contributed by atoms with Crippen LogP contribution >= 0.6 is 15.9 Å². The number of oxime groups is 1. The number of nitrogens with zero attached hydrogens (tertiary/aromatic N) is 4. The van der Waals surface area contributed by atoms with Crippen molar-refractivity contribution >= 4 is 37.4 Å². The molecule has 1 aliphatic rings. The number of Topliss-reactive ketones (excluding diaryl/α,β-unsaturated/α-hetero) is 1. The van der Waals surface area contributed by atoms with Crippen molar-refractivity contribution in [2.75, 3.05) is 19.3 Å². The van der Waals surface area contributed by atoms with Gasteiger partial charge in [-0.2, -0.15) is 0 Å². The Bertz CT molecular complexity index is 1060. The average Bonchev–Trinajstić information content (AvgIpc) is 3.16. The Morgan fingerprint density at radius 3 is 2.63 bits per heavy atom. The molecule has 2 heterocycles. The first-order valence-corrected chi connectivity index (χ1v) is 11.8. The second-order valence-corrected chi connectivity index (χ2v) is 9.95. The second-order valence-electron chi connectivity index (χ2n) is 7.11. The zero-order valence-corrected chi connectivity index (χ0v) is 18.5. The van der Waals surface area contributed by atoms with Crippen molar-refractivity contribution in [1.82, 2.24) is 14.6 Å². The summed E-state index contributed by atoms with van der Waals surface area (Å²) in [5.41, 5.74) is 1.17. The smallest absolute Gasteiger partial charge is 0.211 e. The highest BCUT2D eigenvalue weighted by atomic mass is 79.9. The molecular formula is C18H20BrFN4O5S. The Morgan fingerprint density at radius 2 is 2.03 bits per heavy atom. The summed E-state index contributed by atoms with van der Waals surface area (Å²) in [7, 11) is -3.27. The molecule has 0 radical (unpaired) electrons. The van der Waals surface area contributed by atoms with E-state index < -0.39 is 15.8 Å². The fourth-order valence-corrected chi connectivity index (χ4v) is 4.67. The molecule has 3 rings (SSSR count). The number of hydrogen-bond donors (Lipinski definition) is 1. The number of halogens is 2. The van der Waals surface area contributed by atoms with E-state index in [1.807, 2.05) is 0 Å². The predicted molar refractivity (Wildman–Crippen MR) is 108 cm³/mol. The van der Waals surface area contributed by atoms with Crippen LogP contribution in [0.5, 0.6) is 0 Å². The molecule has 0 unspecified atom stereocenters. The third-order valence-electron chi connectivity index (χ3n) is 5.03. The number of benzene rings is 1. The number of aromatic nitrogens is 2. The SMILES string of the molecule is CS(=O)(=O)N1CCC(C(=O)Cc2nonc2C(Cc2ccc(F)c(Br)c2)=NO)CC1. The summed E-state index contributed by atoms with van der Waals surface area (Å²) < 4.78 is 43.0. The largest absolute Gasteiger partial charge is 0.411 e. The lowest BCUT2D eigenvalue weighted by Gasteiger charge is -2.29. The van der Waals surface area contributed by atoms with Gasteiger partial charge in [-0.3, -0.25) is 4.79 Å². The fraction of sp³-hybridized carbons (Fsp3) is 0.444. The molecule has 1 aliphatic heterocycles. The highest BCUT2D eigenvalue weighted by Gasteiger charge is 2.30. The molecule has 0 bridgehead atoms. The van der Waals surface area contributed by atoms with Crippen LogP contribution in [-0.4, -0.2) is 59.1 Å². The summed E-state index contributed by atoms with van der Waals surface area (Å²) >= 11 is 3.10. The summed E-state index contributed by atoms with van der Waals surface area (Å²) in [4.78, 5) is 12.7. The monoisotopic (exact) mass is 502 g/mol. The molecule has 1 N–H and O–H groups in total. The van der Waals surface area contributed by atoms with Crippen LogP contribution in [-0.2, 0) is 27.7 Å². The molecule has 0 atom stereocenters. The molecule has 0 aliphatic carbocycles. The van der Waals surface area contributed by atoms with Crippen LogP contribution in [0.3, 0.4) is 0 Å². The Labute approximate surface area is 181 Å². The molecule has 1 aromatic heterocycles. The van der Waals surface area contributed by atoms with Gasteiger partial charge in [-0.15, -0.1) is 0 Å². The quantitative estimate of drug-likeness (QED) is 0.349. The Balaban J connectivity index is 1.68. The van der Waals surface area contributed by atoms with Gasteiger partial charge in [0.1, 0.15) is 23.0 Å². The van der Waals surface area contributed by atoms with Crippen molar-refractivity contribution < 1.29 is 27.4 Å². The van der Waals surface area contributed by atoms with Gasteiger partial charge in [-0.25, -0.2) is 21.7 Å². The fourth-order valence-electron chi connectivity index (χ4n) is 3.37. The normalized spacial score (nSPS) is 16.7. The Morgan fingerprint density at radius 1 is 1.33 bits per heavy atom. The van der Waals surface area contributed by atoms with E-state index >= 15 is 0 Å². The maximum absolute atomic E-state index is 13.4. The van der Waals surface area contributed by atoms with Crippen molar-refractivity contribution in [3.8, 4) is 0 Å².